The van der Waals surface area contributed by atoms with Crippen molar-refractivity contribution in [2.24, 2.45) is 0 Å². The van der Waals surface area contributed by atoms with Crippen LogP contribution in [0.1, 0.15) is 11.1 Å². The predicted octanol–water partition coefficient (Wildman–Crippen LogP) is 4.60. The summed E-state index contributed by atoms with van der Waals surface area (Å²) < 4.78 is 6.26. The van der Waals surface area contributed by atoms with Gasteiger partial charge in [0.1, 0.15) is 0 Å². The first-order valence-corrected chi connectivity index (χ1v) is 12.5. The molecule has 0 aromatic heterocycles. The van der Waals surface area contributed by atoms with Gasteiger partial charge in [0.25, 0.3) is 0 Å². The number of hydrogen-bond acceptors (Lipinski definition) is 1. The van der Waals surface area contributed by atoms with Crippen molar-refractivity contribution in [3.05, 3.63) is 41.1 Å². The predicted molar refractivity (Wildman–Crippen MR) is 82.1 cm³/mol. The fourth-order valence-corrected chi connectivity index (χ4v) is 8.98. The third-order valence-electron chi connectivity index (χ3n) is 2.32. The first-order valence-electron chi connectivity index (χ1n) is 6.14. The van der Waals surface area contributed by atoms with Crippen molar-refractivity contribution in [1.29, 1.82) is 0 Å². The van der Waals surface area contributed by atoms with Gasteiger partial charge in [-0.2, -0.15) is 0 Å². The van der Waals surface area contributed by atoms with Crippen LogP contribution in [-0.2, 0) is 4.12 Å². The maximum absolute atomic E-state index is 6.26. The summed E-state index contributed by atoms with van der Waals surface area (Å²) in [4.78, 5) is 0. The summed E-state index contributed by atoms with van der Waals surface area (Å²) in [6, 6.07) is 8.61. The minimum atomic E-state index is -1.65. The van der Waals surface area contributed by atoms with Crippen LogP contribution in [0.25, 0.3) is 6.08 Å². The second-order valence-electron chi connectivity index (χ2n) is 6.06. The van der Waals surface area contributed by atoms with Crippen molar-refractivity contribution in [1.82, 2.24) is 0 Å². The third-order valence-corrected chi connectivity index (χ3v) is 7.85. The molecule has 0 bridgehead atoms. The van der Waals surface area contributed by atoms with E-state index in [1.165, 1.54) is 11.1 Å². The van der Waals surface area contributed by atoms with E-state index in [2.05, 4.69) is 75.7 Å². The van der Waals surface area contributed by atoms with Gasteiger partial charge in [-0.1, -0.05) is 41.6 Å². The summed E-state index contributed by atoms with van der Waals surface area (Å²) >= 11 is 0. The highest BCUT2D eigenvalue weighted by Gasteiger charge is 2.26. The number of hydrogen-bond donors (Lipinski definition) is 0. The molecule has 1 rings (SSSR count). The topological polar surface area (TPSA) is 9.23 Å². The van der Waals surface area contributed by atoms with E-state index in [9.17, 15) is 0 Å². The van der Waals surface area contributed by atoms with Crippen LogP contribution in [0.2, 0.25) is 32.7 Å². The van der Waals surface area contributed by atoms with E-state index in [-0.39, 0.29) is 0 Å². The van der Waals surface area contributed by atoms with E-state index in [4.69, 9.17) is 4.12 Å². The van der Waals surface area contributed by atoms with Crippen molar-refractivity contribution in [3.8, 4) is 0 Å². The van der Waals surface area contributed by atoms with Crippen LogP contribution >= 0.6 is 0 Å². The summed E-state index contributed by atoms with van der Waals surface area (Å²) in [5, 5.41) is 0. The second-order valence-corrected chi connectivity index (χ2v) is 14.6. The van der Waals surface area contributed by atoms with Crippen LogP contribution in [0.15, 0.2) is 30.0 Å². The van der Waals surface area contributed by atoms with Crippen LogP contribution in [-0.4, -0.2) is 16.6 Å². The van der Waals surface area contributed by atoms with Gasteiger partial charge in [-0.05, 0) is 45.2 Å². The maximum atomic E-state index is 6.26. The summed E-state index contributed by atoms with van der Waals surface area (Å²) in [5.74, 6) is 0. The Labute approximate surface area is 108 Å². The summed E-state index contributed by atoms with van der Waals surface area (Å²) in [7, 11) is -3.08. The van der Waals surface area contributed by atoms with Gasteiger partial charge in [0, 0.05) is 0 Å². The molecule has 1 aromatic rings. The molecule has 0 heterocycles. The van der Waals surface area contributed by atoms with Gasteiger partial charge in [0.15, 0.2) is 16.6 Å². The molecule has 0 unspecified atom stereocenters. The lowest BCUT2D eigenvalue weighted by Gasteiger charge is -2.28. The molecule has 3 heteroatoms. The molecular weight excluding hydrogens is 240 g/mol. The molecule has 94 valence electrons. The van der Waals surface area contributed by atoms with E-state index in [0.29, 0.717) is 0 Å². The van der Waals surface area contributed by atoms with Crippen molar-refractivity contribution >= 4 is 22.7 Å². The van der Waals surface area contributed by atoms with Crippen molar-refractivity contribution in [2.75, 3.05) is 0 Å². The van der Waals surface area contributed by atoms with Crippen LogP contribution in [0.4, 0.5) is 0 Å². The van der Waals surface area contributed by atoms with Crippen LogP contribution < -0.4 is 0 Å². The van der Waals surface area contributed by atoms with Crippen LogP contribution in [0, 0.1) is 6.92 Å². The lowest BCUT2D eigenvalue weighted by molar-refractivity contribution is 0.565. The third kappa shape index (κ3) is 6.00. The summed E-state index contributed by atoms with van der Waals surface area (Å²) in [6.07, 6.45) is 2.20. The zero-order valence-electron chi connectivity index (χ0n) is 11.9. The highest BCUT2D eigenvalue weighted by molar-refractivity contribution is 6.87. The van der Waals surface area contributed by atoms with Crippen molar-refractivity contribution < 1.29 is 4.12 Å². The second kappa shape index (κ2) is 5.33. The lowest BCUT2D eigenvalue weighted by atomic mass is 10.2. The first-order chi connectivity index (χ1) is 7.68. The number of aryl methyl sites for hydroxylation is 1. The Kier molecular flexibility index (Phi) is 4.52. The Morgan fingerprint density at radius 2 is 1.47 bits per heavy atom. The van der Waals surface area contributed by atoms with E-state index in [1.807, 2.05) is 0 Å². The molecule has 1 aromatic carbocycles. The van der Waals surface area contributed by atoms with Gasteiger partial charge in [0.2, 0.25) is 0 Å². The Morgan fingerprint density at radius 1 is 0.941 bits per heavy atom. The molecule has 0 atom stereocenters. The van der Waals surface area contributed by atoms with E-state index in [1.54, 1.807) is 0 Å². The average Bonchev–Trinajstić information content (AvgIpc) is 2.13. The molecule has 17 heavy (non-hydrogen) atoms. The molecule has 1 nitrogen and oxygen atoms in total. The fraction of sp³-hybridized carbons (Fsp3) is 0.429. The summed E-state index contributed by atoms with van der Waals surface area (Å²) in [6.45, 7) is 13.4. The van der Waals surface area contributed by atoms with Crippen molar-refractivity contribution in [2.45, 2.75) is 39.7 Å². The molecule has 0 amide bonds. The minimum absolute atomic E-state index is 1.26. The summed E-state index contributed by atoms with van der Waals surface area (Å²) in [5.41, 5.74) is 4.85. The molecule has 0 N–H and O–H groups in total. The van der Waals surface area contributed by atoms with E-state index >= 15 is 0 Å². The fourth-order valence-electron chi connectivity index (χ4n) is 1.80. The molecule has 0 saturated carbocycles. The highest BCUT2D eigenvalue weighted by Crippen LogP contribution is 2.16. The highest BCUT2D eigenvalue weighted by atomic mass is 28.4. The number of benzene rings is 1. The Bertz CT molecular complexity index is 386. The molecule has 0 saturated heterocycles. The largest absolute Gasteiger partial charge is 0.453 e. The molecule has 0 aliphatic heterocycles. The maximum Gasteiger partial charge on any atom is 0.198 e. The van der Waals surface area contributed by atoms with Gasteiger partial charge in [-0.25, -0.2) is 0 Å². The molecule has 0 aliphatic rings. The minimum Gasteiger partial charge on any atom is -0.453 e. The molecular formula is C14H24OSi2. The molecule has 0 fully saturated rings. The average molecular weight is 265 g/mol. The Balaban J connectivity index is 2.73. The molecule has 0 radical (unpaired) electrons. The zero-order valence-corrected chi connectivity index (χ0v) is 13.9. The molecule has 0 aliphatic carbocycles. The van der Waals surface area contributed by atoms with Gasteiger partial charge < -0.3 is 4.12 Å². The first kappa shape index (κ1) is 14.4. The smallest absolute Gasteiger partial charge is 0.198 e. The van der Waals surface area contributed by atoms with Gasteiger partial charge in [-0.3, -0.25) is 0 Å². The Hall–Kier alpha value is -0.646. The van der Waals surface area contributed by atoms with Crippen molar-refractivity contribution in [3.63, 3.8) is 0 Å². The van der Waals surface area contributed by atoms with E-state index in [0.717, 1.165) is 0 Å². The standard InChI is InChI=1S/C14H24OSi2/c1-13-7-9-14(10-8-13)11-12-17(5,6)15-16(2,3)4/h7-12H,1-6H3/b12-11+. The van der Waals surface area contributed by atoms with Gasteiger partial charge in [-0.15, -0.1) is 0 Å². The Morgan fingerprint density at radius 3 is 1.94 bits per heavy atom. The SMILES string of the molecule is Cc1ccc(/C=C/[Si](C)(C)O[Si](C)(C)C)cc1. The monoisotopic (exact) mass is 264 g/mol. The quantitative estimate of drug-likeness (QED) is 0.722. The molecule has 0 spiro atoms. The lowest BCUT2D eigenvalue weighted by Crippen LogP contribution is -2.40. The zero-order chi connectivity index (χ0) is 13.1. The van der Waals surface area contributed by atoms with Gasteiger partial charge >= 0.3 is 0 Å². The van der Waals surface area contributed by atoms with Crippen LogP contribution in [0.3, 0.4) is 0 Å². The van der Waals surface area contributed by atoms with Gasteiger partial charge in [0.05, 0.1) is 0 Å². The van der Waals surface area contributed by atoms with Crippen LogP contribution in [0.5, 0.6) is 0 Å². The normalized spacial score (nSPS) is 13.3. The van der Waals surface area contributed by atoms with E-state index < -0.39 is 16.6 Å². The number of rotatable bonds is 4.